The van der Waals surface area contributed by atoms with Crippen molar-refractivity contribution in [3.8, 4) is 5.75 Å². The van der Waals surface area contributed by atoms with Crippen LogP contribution < -0.4 is 4.74 Å². The molecular weight excluding hydrogens is 224 g/mol. The van der Waals surface area contributed by atoms with E-state index < -0.39 is 0 Å². The number of ether oxygens (including phenoxy) is 2. The zero-order chi connectivity index (χ0) is 14.2. The fourth-order valence-electron chi connectivity index (χ4n) is 1.37. The molecule has 1 aromatic carbocycles. The first-order valence-corrected chi connectivity index (χ1v) is 6.98. The van der Waals surface area contributed by atoms with E-state index in [2.05, 4.69) is 12.1 Å². The van der Waals surface area contributed by atoms with Crippen molar-refractivity contribution >= 4 is 0 Å². The fourth-order valence-corrected chi connectivity index (χ4v) is 1.37. The monoisotopic (exact) mass is 254 g/mol. The van der Waals surface area contributed by atoms with E-state index in [0.29, 0.717) is 0 Å². The Hall–Kier alpha value is -1.02. The number of methoxy groups -OCH3 is 2. The van der Waals surface area contributed by atoms with Gasteiger partial charge in [-0.2, -0.15) is 0 Å². The highest BCUT2D eigenvalue weighted by molar-refractivity contribution is 5.27. The first-order chi connectivity index (χ1) is 8.86. The van der Waals surface area contributed by atoms with Gasteiger partial charge < -0.3 is 9.47 Å². The Bertz CT molecular complexity index is 242. The van der Waals surface area contributed by atoms with E-state index in [9.17, 15) is 0 Å². The zero-order valence-electron chi connectivity index (χ0n) is 13.0. The van der Waals surface area contributed by atoms with Gasteiger partial charge in [0.15, 0.2) is 0 Å². The van der Waals surface area contributed by atoms with Crippen LogP contribution in [0.25, 0.3) is 0 Å². The maximum Gasteiger partial charge on any atom is 0.118 e. The molecule has 0 radical (unpaired) electrons. The third-order valence-corrected chi connectivity index (χ3v) is 2.22. The molecule has 1 rings (SSSR count). The van der Waals surface area contributed by atoms with Crippen molar-refractivity contribution in [2.75, 3.05) is 20.8 Å². The summed E-state index contributed by atoms with van der Waals surface area (Å²) in [5.74, 6) is 0.922. The maximum absolute atomic E-state index is 5.09. The van der Waals surface area contributed by atoms with Crippen LogP contribution >= 0.6 is 0 Å². The van der Waals surface area contributed by atoms with Gasteiger partial charge in [0.2, 0.25) is 0 Å². The molecule has 0 amide bonds. The molecule has 0 heterocycles. The Balaban J connectivity index is 0. The molecule has 0 spiro atoms. The highest BCUT2D eigenvalue weighted by atomic mass is 16.5. The van der Waals surface area contributed by atoms with E-state index in [0.717, 1.165) is 25.2 Å². The summed E-state index contributed by atoms with van der Waals surface area (Å²) in [5, 5.41) is 0. The summed E-state index contributed by atoms with van der Waals surface area (Å²) < 4.78 is 10.1. The Kier molecular flexibility index (Phi) is 17.2. The van der Waals surface area contributed by atoms with Crippen LogP contribution in [0.15, 0.2) is 24.3 Å². The Morgan fingerprint density at radius 2 is 1.39 bits per heavy atom. The second-order valence-electron chi connectivity index (χ2n) is 3.30. The van der Waals surface area contributed by atoms with Gasteiger partial charge in [-0.3, -0.25) is 0 Å². The number of hydrogen-bond acceptors (Lipinski definition) is 2. The molecule has 0 aliphatic heterocycles. The highest BCUT2D eigenvalue weighted by Gasteiger charge is 1.94. The smallest absolute Gasteiger partial charge is 0.118 e. The molecule has 0 N–H and O–H groups in total. The van der Waals surface area contributed by atoms with Gasteiger partial charge in [-0.15, -0.1) is 0 Å². The quantitative estimate of drug-likeness (QED) is 0.684. The lowest BCUT2D eigenvalue weighted by Gasteiger charge is -2.03. The number of rotatable bonds is 6. The van der Waals surface area contributed by atoms with Crippen LogP contribution in [0.3, 0.4) is 0 Å². The third-order valence-electron chi connectivity index (χ3n) is 2.22. The van der Waals surface area contributed by atoms with Gasteiger partial charge in [0.1, 0.15) is 5.75 Å². The average Bonchev–Trinajstić information content (AvgIpc) is 2.48. The van der Waals surface area contributed by atoms with E-state index >= 15 is 0 Å². The highest BCUT2D eigenvalue weighted by Crippen LogP contribution is 2.12. The first kappa shape index (κ1) is 19.3. The van der Waals surface area contributed by atoms with Crippen molar-refractivity contribution < 1.29 is 9.47 Å². The molecular formula is C16H30O2. The minimum absolute atomic E-state index is 0.857. The number of benzene rings is 1. The fraction of sp³-hybridized carbons (Fsp3) is 0.625. The summed E-state index contributed by atoms with van der Waals surface area (Å²) in [6, 6.07) is 8.24. The molecule has 0 unspecified atom stereocenters. The summed E-state index contributed by atoms with van der Waals surface area (Å²) >= 11 is 0. The average molecular weight is 254 g/mol. The van der Waals surface area contributed by atoms with Crippen molar-refractivity contribution in [2.24, 2.45) is 0 Å². The summed E-state index contributed by atoms with van der Waals surface area (Å²) in [5.41, 5.74) is 1.36. The molecule has 0 aliphatic carbocycles. The second-order valence-corrected chi connectivity index (χ2v) is 3.30. The molecule has 2 heteroatoms. The van der Waals surface area contributed by atoms with Crippen LogP contribution in [0, 0.1) is 0 Å². The van der Waals surface area contributed by atoms with Crippen molar-refractivity contribution in [2.45, 2.75) is 47.0 Å². The Morgan fingerprint density at radius 1 is 0.833 bits per heavy atom. The van der Waals surface area contributed by atoms with Crippen molar-refractivity contribution in [1.29, 1.82) is 0 Å². The molecule has 106 valence electrons. The van der Waals surface area contributed by atoms with Crippen LogP contribution in [0.4, 0.5) is 0 Å². The van der Waals surface area contributed by atoms with E-state index in [-0.39, 0.29) is 0 Å². The summed E-state index contributed by atoms with van der Waals surface area (Å²) in [6.45, 7) is 8.86. The minimum atomic E-state index is 0.857. The molecule has 0 saturated carbocycles. The molecule has 0 saturated heterocycles. The normalized spacial score (nSPS) is 8.56. The molecule has 2 nitrogen and oxygen atoms in total. The SMILES string of the molecule is CC.CC.COCCCCc1ccc(OC)cc1. The van der Waals surface area contributed by atoms with Gasteiger partial charge in [-0.05, 0) is 37.0 Å². The van der Waals surface area contributed by atoms with E-state index in [4.69, 9.17) is 9.47 Å². The summed E-state index contributed by atoms with van der Waals surface area (Å²) in [6.07, 6.45) is 3.43. The lowest BCUT2D eigenvalue weighted by Crippen LogP contribution is -1.91. The minimum Gasteiger partial charge on any atom is -0.497 e. The predicted molar refractivity (Wildman–Crippen MR) is 80.5 cm³/mol. The number of unbranched alkanes of at least 4 members (excludes halogenated alkanes) is 1. The van der Waals surface area contributed by atoms with Gasteiger partial charge in [-0.1, -0.05) is 39.8 Å². The van der Waals surface area contributed by atoms with Crippen molar-refractivity contribution in [1.82, 2.24) is 0 Å². The molecule has 0 aromatic heterocycles. The molecule has 18 heavy (non-hydrogen) atoms. The van der Waals surface area contributed by atoms with Crippen LogP contribution in [0.1, 0.15) is 46.1 Å². The lowest BCUT2D eigenvalue weighted by molar-refractivity contribution is 0.193. The maximum atomic E-state index is 5.09. The predicted octanol–water partition coefficient (Wildman–Crippen LogP) is 4.72. The van der Waals surface area contributed by atoms with Crippen LogP contribution in [-0.2, 0) is 11.2 Å². The molecule has 0 aliphatic rings. The number of hydrogen-bond donors (Lipinski definition) is 0. The third kappa shape index (κ3) is 10.2. The van der Waals surface area contributed by atoms with Crippen LogP contribution in [0.2, 0.25) is 0 Å². The Morgan fingerprint density at radius 3 is 1.83 bits per heavy atom. The van der Waals surface area contributed by atoms with Gasteiger partial charge in [0.25, 0.3) is 0 Å². The van der Waals surface area contributed by atoms with Crippen LogP contribution in [-0.4, -0.2) is 20.8 Å². The zero-order valence-corrected chi connectivity index (χ0v) is 13.0. The second kappa shape index (κ2) is 16.0. The van der Waals surface area contributed by atoms with Crippen molar-refractivity contribution in [3.63, 3.8) is 0 Å². The van der Waals surface area contributed by atoms with E-state index in [1.807, 2.05) is 39.8 Å². The lowest BCUT2D eigenvalue weighted by atomic mass is 10.1. The van der Waals surface area contributed by atoms with E-state index in [1.54, 1.807) is 14.2 Å². The largest absolute Gasteiger partial charge is 0.497 e. The van der Waals surface area contributed by atoms with E-state index in [1.165, 1.54) is 12.0 Å². The molecule has 0 fully saturated rings. The molecule has 0 atom stereocenters. The summed E-state index contributed by atoms with van der Waals surface area (Å²) in [7, 11) is 3.43. The summed E-state index contributed by atoms with van der Waals surface area (Å²) in [4.78, 5) is 0. The van der Waals surface area contributed by atoms with Gasteiger partial charge in [0.05, 0.1) is 7.11 Å². The van der Waals surface area contributed by atoms with Crippen LogP contribution in [0.5, 0.6) is 5.75 Å². The molecule has 1 aromatic rings. The van der Waals surface area contributed by atoms with Gasteiger partial charge >= 0.3 is 0 Å². The van der Waals surface area contributed by atoms with Gasteiger partial charge in [0, 0.05) is 13.7 Å². The first-order valence-electron chi connectivity index (χ1n) is 6.98. The standard InChI is InChI=1S/C12H18O2.2C2H6/c1-13-10-4-3-5-11-6-8-12(14-2)9-7-11;2*1-2/h6-9H,3-5,10H2,1-2H3;2*1-2H3. The van der Waals surface area contributed by atoms with Crippen molar-refractivity contribution in [3.05, 3.63) is 29.8 Å². The molecule has 0 bridgehead atoms. The van der Waals surface area contributed by atoms with Gasteiger partial charge in [-0.25, -0.2) is 0 Å². The Labute approximate surface area is 113 Å². The number of aryl methyl sites for hydroxylation is 1. The topological polar surface area (TPSA) is 18.5 Å².